The number of hydrogen-bond donors (Lipinski definition) is 0. The molecule has 0 fully saturated rings. The standard InChI is InChI=1S/C18H22N2/c1-13-5-10-18(16(12-19)11-14(13)2)15-6-8-17(9-7-15)20(3)4/h5-10,13-14H,11H2,1-4H3. The van der Waals surface area contributed by atoms with Gasteiger partial charge in [0.15, 0.2) is 0 Å². The second-order valence-corrected chi connectivity index (χ2v) is 5.84. The summed E-state index contributed by atoms with van der Waals surface area (Å²) in [6, 6.07) is 10.8. The van der Waals surface area contributed by atoms with E-state index in [4.69, 9.17) is 0 Å². The summed E-state index contributed by atoms with van der Waals surface area (Å²) in [6.45, 7) is 4.43. The highest BCUT2D eigenvalue weighted by molar-refractivity contribution is 5.80. The van der Waals surface area contributed by atoms with E-state index in [9.17, 15) is 5.26 Å². The Labute approximate surface area is 122 Å². The second-order valence-electron chi connectivity index (χ2n) is 5.84. The van der Waals surface area contributed by atoms with E-state index in [1.807, 2.05) is 14.1 Å². The Morgan fingerprint density at radius 2 is 1.80 bits per heavy atom. The van der Waals surface area contributed by atoms with Gasteiger partial charge in [0.1, 0.15) is 0 Å². The van der Waals surface area contributed by atoms with Gasteiger partial charge in [-0.1, -0.05) is 38.1 Å². The van der Waals surface area contributed by atoms with E-state index in [-0.39, 0.29) is 0 Å². The van der Waals surface area contributed by atoms with Crippen molar-refractivity contribution < 1.29 is 0 Å². The lowest BCUT2D eigenvalue weighted by atomic mass is 9.90. The second kappa shape index (κ2) is 5.96. The predicted octanol–water partition coefficient (Wildman–Crippen LogP) is 4.26. The molecule has 1 aliphatic rings. The molecule has 0 radical (unpaired) electrons. The minimum atomic E-state index is 0.511. The van der Waals surface area contributed by atoms with Crippen molar-refractivity contribution in [2.24, 2.45) is 11.8 Å². The van der Waals surface area contributed by atoms with Gasteiger partial charge in [0.2, 0.25) is 0 Å². The molecule has 104 valence electrons. The molecule has 20 heavy (non-hydrogen) atoms. The normalized spacial score (nSPS) is 22.4. The van der Waals surface area contributed by atoms with Crippen LogP contribution in [0.3, 0.4) is 0 Å². The summed E-state index contributed by atoms with van der Waals surface area (Å²) in [7, 11) is 4.06. The molecule has 1 aromatic rings. The fourth-order valence-electron chi connectivity index (χ4n) is 2.47. The van der Waals surface area contributed by atoms with Crippen molar-refractivity contribution in [1.29, 1.82) is 5.26 Å². The molecule has 0 bridgehead atoms. The summed E-state index contributed by atoms with van der Waals surface area (Å²) in [6.07, 6.45) is 5.21. The Balaban J connectivity index is 2.42. The molecule has 2 nitrogen and oxygen atoms in total. The van der Waals surface area contributed by atoms with Crippen molar-refractivity contribution in [3.05, 3.63) is 47.6 Å². The van der Waals surface area contributed by atoms with Gasteiger partial charge in [-0.3, -0.25) is 0 Å². The van der Waals surface area contributed by atoms with E-state index in [0.29, 0.717) is 11.8 Å². The molecule has 1 aromatic carbocycles. The predicted molar refractivity (Wildman–Crippen MR) is 85.4 cm³/mol. The van der Waals surface area contributed by atoms with Crippen molar-refractivity contribution >= 4 is 11.3 Å². The van der Waals surface area contributed by atoms with Gasteiger partial charge >= 0.3 is 0 Å². The number of nitriles is 1. The molecule has 2 heteroatoms. The van der Waals surface area contributed by atoms with E-state index < -0.39 is 0 Å². The topological polar surface area (TPSA) is 27.0 Å². The van der Waals surface area contributed by atoms with Crippen molar-refractivity contribution in [2.75, 3.05) is 19.0 Å². The average Bonchev–Trinajstić information content (AvgIpc) is 2.59. The molecule has 0 heterocycles. The Morgan fingerprint density at radius 3 is 2.35 bits per heavy atom. The third-order valence-corrected chi connectivity index (χ3v) is 4.14. The molecular weight excluding hydrogens is 244 g/mol. The largest absolute Gasteiger partial charge is 0.378 e. The van der Waals surface area contributed by atoms with E-state index in [0.717, 1.165) is 23.1 Å². The quantitative estimate of drug-likeness (QED) is 0.799. The van der Waals surface area contributed by atoms with Crippen LogP contribution in [-0.2, 0) is 0 Å². The number of anilines is 1. The summed E-state index contributed by atoms with van der Waals surface area (Å²) in [5.74, 6) is 1.02. The van der Waals surface area contributed by atoms with Gasteiger partial charge in [0, 0.05) is 25.4 Å². The highest BCUT2D eigenvalue weighted by atomic mass is 15.1. The molecule has 0 amide bonds. The lowest BCUT2D eigenvalue weighted by Crippen LogP contribution is -2.08. The first-order chi connectivity index (χ1) is 9.52. The van der Waals surface area contributed by atoms with E-state index >= 15 is 0 Å². The van der Waals surface area contributed by atoms with Crippen molar-refractivity contribution in [3.63, 3.8) is 0 Å². The first kappa shape index (κ1) is 14.4. The third-order valence-electron chi connectivity index (χ3n) is 4.14. The van der Waals surface area contributed by atoms with E-state index in [1.165, 1.54) is 5.69 Å². The molecule has 0 spiro atoms. The highest BCUT2D eigenvalue weighted by Gasteiger charge is 2.18. The summed E-state index contributed by atoms with van der Waals surface area (Å²) in [5, 5.41) is 9.44. The molecule has 1 aliphatic carbocycles. The van der Waals surface area contributed by atoms with E-state index in [2.05, 4.69) is 61.2 Å². The van der Waals surface area contributed by atoms with Gasteiger partial charge in [0.05, 0.1) is 6.07 Å². The van der Waals surface area contributed by atoms with Crippen LogP contribution >= 0.6 is 0 Å². The monoisotopic (exact) mass is 266 g/mol. The highest BCUT2D eigenvalue weighted by Crippen LogP contribution is 2.32. The first-order valence-corrected chi connectivity index (χ1v) is 7.12. The van der Waals surface area contributed by atoms with Crippen LogP contribution in [-0.4, -0.2) is 14.1 Å². The Bertz CT molecular complexity index is 570. The zero-order valence-electron chi connectivity index (χ0n) is 12.7. The zero-order valence-corrected chi connectivity index (χ0v) is 12.7. The lowest BCUT2D eigenvalue weighted by molar-refractivity contribution is 0.463. The third kappa shape index (κ3) is 2.93. The van der Waals surface area contributed by atoms with Gasteiger partial charge in [-0.2, -0.15) is 5.26 Å². The van der Waals surface area contributed by atoms with Crippen LogP contribution in [0.5, 0.6) is 0 Å². The number of benzene rings is 1. The van der Waals surface area contributed by atoms with Crippen LogP contribution in [0.15, 0.2) is 42.0 Å². The first-order valence-electron chi connectivity index (χ1n) is 7.12. The van der Waals surface area contributed by atoms with Crippen LogP contribution in [0, 0.1) is 23.2 Å². The Kier molecular flexibility index (Phi) is 4.29. The van der Waals surface area contributed by atoms with Crippen LogP contribution in [0.4, 0.5) is 5.69 Å². The van der Waals surface area contributed by atoms with Crippen LogP contribution in [0.2, 0.25) is 0 Å². The summed E-state index contributed by atoms with van der Waals surface area (Å²) >= 11 is 0. The van der Waals surface area contributed by atoms with Gasteiger partial charge in [-0.15, -0.1) is 0 Å². The van der Waals surface area contributed by atoms with Crippen LogP contribution in [0.25, 0.3) is 5.57 Å². The molecule has 2 unspecified atom stereocenters. The molecule has 0 N–H and O–H groups in total. The maximum absolute atomic E-state index is 9.44. The van der Waals surface area contributed by atoms with E-state index in [1.54, 1.807) is 0 Å². The maximum Gasteiger partial charge on any atom is 0.0953 e. The molecule has 2 atom stereocenters. The minimum absolute atomic E-state index is 0.511. The molecule has 2 rings (SSSR count). The number of hydrogen-bond acceptors (Lipinski definition) is 2. The summed E-state index contributed by atoms with van der Waals surface area (Å²) in [4.78, 5) is 2.08. The van der Waals surface area contributed by atoms with Crippen LogP contribution in [0.1, 0.15) is 25.8 Å². The molecule has 0 aliphatic heterocycles. The number of nitrogens with zero attached hydrogens (tertiary/aromatic N) is 2. The Morgan fingerprint density at radius 1 is 1.15 bits per heavy atom. The minimum Gasteiger partial charge on any atom is -0.378 e. The van der Waals surface area contributed by atoms with Crippen molar-refractivity contribution in [3.8, 4) is 6.07 Å². The number of rotatable bonds is 2. The zero-order chi connectivity index (χ0) is 14.7. The maximum atomic E-state index is 9.44. The van der Waals surface area contributed by atoms with Gasteiger partial charge in [-0.25, -0.2) is 0 Å². The van der Waals surface area contributed by atoms with Gasteiger partial charge < -0.3 is 4.90 Å². The number of allylic oxidation sites excluding steroid dienone is 4. The summed E-state index contributed by atoms with van der Waals surface area (Å²) < 4.78 is 0. The summed E-state index contributed by atoms with van der Waals surface area (Å²) in [5.41, 5.74) is 4.28. The van der Waals surface area contributed by atoms with Gasteiger partial charge in [-0.05, 0) is 41.5 Å². The average molecular weight is 266 g/mol. The lowest BCUT2D eigenvalue weighted by Gasteiger charge is -2.14. The smallest absolute Gasteiger partial charge is 0.0953 e. The molecule has 0 saturated carbocycles. The molecule has 0 saturated heterocycles. The SMILES string of the molecule is CC1C=CC(c2ccc(N(C)C)cc2)=C(C#N)CC1C. The van der Waals surface area contributed by atoms with Gasteiger partial charge in [0.25, 0.3) is 0 Å². The Hall–Kier alpha value is -2.01. The molecular formula is C18H22N2. The van der Waals surface area contributed by atoms with Crippen molar-refractivity contribution in [1.82, 2.24) is 0 Å². The fraction of sp³-hybridized carbons (Fsp3) is 0.389. The molecule has 0 aromatic heterocycles. The van der Waals surface area contributed by atoms with Crippen molar-refractivity contribution in [2.45, 2.75) is 20.3 Å². The fourth-order valence-corrected chi connectivity index (χ4v) is 2.47. The van der Waals surface area contributed by atoms with Crippen LogP contribution < -0.4 is 4.90 Å².